The summed E-state index contributed by atoms with van der Waals surface area (Å²) in [4.78, 5) is 16.6. The van der Waals surface area contributed by atoms with Crippen LogP contribution in [0.3, 0.4) is 0 Å². The van der Waals surface area contributed by atoms with E-state index in [0.29, 0.717) is 39.2 Å². The molecular weight excluding hydrogens is 569 g/mol. The highest BCUT2D eigenvalue weighted by atomic mass is 35.5. The zero-order valence-corrected chi connectivity index (χ0v) is 26.7. The number of allylic oxidation sites excluding steroid dienone is 4. The third-order valence-electron chi connectivity index (χ3n) is 7.56. The standard InChI is InChI=1S/C33H36ClFN2O2S.CH5N/c1-6-9-22(10-7-2)23-12-18-28(39-8-3)24(19-23)20-37(26-15-13-25(36-5)14-16-26)33(38)32-30(34)29-21(4)11-17-27(35)31(29)40-32;1-2/h1,7,9-12,17-19,25-26,36H,8,13-16,20H2,2-5H3;2H2,1H3/b10-7-,22-9+;. The largest absolute Gasteiger partial charge is 0.494 e. The molecule has 1 aliphatic rings. The van der Waals surface area contributed by atoms with Crippen molar-refractivity contribution in [2.24, 2.45) is 5.73 Å². The van der Waals surface area contributed by atoms with Crippen LogP contribution in [0.15, 0.2) is 48.6 Å². The highest BCUT2D eigenvalue weighted by Crippen LogP contribution is 2.41. The Bertz CT molecular complexity index is 1480. The van der Waals surface area contributed by atoms with Crippen LogP contribution >= 0.6 is 22.9 Å². The summed E-state index contributed by atoms with van der Waals surface area (Å²) in [6.45, 7) is 6.60. The smallest absolute Gasteiger partial charge is 0.266 e. The number of terminal acetylenes is 1. The minimum absolute atomic E-state index is 0.0127. The highest BCUT2D eigenvalue weighted by molar-refractivity contribution is 7.21. The van der Waals surface area contributed by atoms with Crippen molar-refractivity contribution in [2.45, 2.75) is 65.1 Å². The van der Waals surface area contributed by atoms with Crippen LogP contribution in [0.2, 0.25) is 5.02 Å². The first-order valence-corrected chi connectivity index (χ1v) is 15.5. The quantitative estimate of drug-likeness (QED) is 0.192. The summed E-state index contributed by atoms with van der Waals surface area (Å²) in [6.07, 6.45) is 14.9. The van der Waals surface area contributed by atoms with E-state index in [1.165, 1.54) is 13.1 Å². The Labute approximate surface area is 258 Å². The first-order chi connectivity index (χ1) is 20.3. The predicted octanol–water partition coefficient (Wildman–Crippen LogP) is 7.74. The molecule has 0 saturated heterocycles. The Kier molecular flexibility index (Phi) is 12.6. The zero-order chi connectivity index (χ0) is 30.8. The van der Waals surface area contributed by atoms with Crippen LogP contribution in [0.5, 0.6) is 5.75 Å². The van der Waals surface area contributed by atoms with Crippen LogP contribution in [0, 0.1) is 25.1 Å². The summed E-state index contributed by atoms with van der Waals surface area (Å²) in [7, 11) is 3.48. The lowest BCUT2D eigenvalue weighted by atomic mass is 9.89. The number of hydrogen-bond acceptors (Lipinski definition) is 5. The normalized spacial score (nSPS) is 17.1. The maximum Gasteiger partial charge on any atom is 0.266 e. The molecule has 0 unspecified atom stereocenters. The number of fused-ring (bicyclic) bond motifs is 1. The molecular formula is C34H41ClFN3O2S. The van der Waals surface area contributed by atoms with E-state index in [-0.39, 0.29) is 17.8 Å². The van der Waals surface area contributed by atoms with Gasteiger partial charge in [0.2, 0.25) is 0 Å². The molecule has 0 aliphatic heterocycles. The van der Waals surface area contributed by atoms with Crippen molar-refractivity contribution in [3.63, 3.8) is 0 Å². The maximum atomic E-state index is 14.8. The van der Waals surface area contributed by atoms with Gasteiger partial charge in [-0.3, -0.25) is 4.79 Å². The molecule has 0 atom stereocenters. The molecule has 3 N–H and O–H groups in total. The number of aryl methyl sites for hydroxylation is 1. The fourth-order valence-corrected chi connectivity index (χ4v) is 7.09. The van der Waals surface area contributed by atoms with Crippen LogP contribution < -0.4 is 15.8 Å². The minimum Gasteiger partial charge on any atom is -0.494 e. The molecule has 2 aromatic carbocycles. The topological polar surface area (TPSA) is 67.6 Å². The zero-order valence-electron chi connectivity index (χ0n) is 25.1. The van der Waals surface area contributed by atoms with Gasteiger partial charge in [-0.2, -0.15) is 0 Å². The van der Waals surface area contributed by atoms with E-state index in [1.54, 1.807) is 12.1 Å². The molecule has 1 amide bonds. The van der Waals surface area contributed by atoms with E-state index in [0.717, 1.165) is 65.0 Å². The summed E-state index contributed by atoms with van der Waals surface area (Å²) in [5.41, 5.74) is 8.08. The molecule has 0 spiro atoms. The molecule has 3 aromatic rings. The maximum absolute atomic E-state index is 14.8. The van der Waals surface area contributed by atoms with E-state index < -0.39 is 0 Å². The number of amides is 1. The summed E-state index contributed by atoms with van der Waals surface area (Å²) < 4.78 is 21.2. The lowest BCUT2D eigenvalue weighted by Gasteiger charge is -2.37. The predicted molar refractivity (Wildman–Crippen MR) is 176 cm³/mol. The fourth-order valence-electron chi connectivity index (χ4n) is 5.46. The molecule has 0 bridgehead atoms. The molecule has 1 fully saturated rings. The third kappa shape index (κ3) is 7.43. The van der Waals surface area contributed by atoms with Gasteiger partial charge in [0.25, 0.3) is 5.91 Å². The number of thiophene rings is 1. The summed E-state index contributed by atoms with van der Waals surface area (Å²) in [5, 5.41) is 4.30. The van der Waals surface area contributed by atoms with Gasteiger partial charge < -0.3 is 20.7 Å². The Morgan fingerprint density at radius 1 is 1.26 bits per heavy atom. The van der Waals surface area contributed by atoms with E-state index in [1.807, 2.05) is 63.1 Å². The lowest BCUT2D eigenvalue weighted by Crippen LogP contribution is -2.44. The van der Waals surface area contributed by atoms with Gasteiger partial charge in [-0.25, -0.2) is 4.39 Å². The van der Waals surface area contributed by atoms with Crippen LogP contribution in [-0.4, -0.2) is 43.6 Å². The van der Waals surface area contributed by atoms with Crippen molar-refractivity contribution in [1.29, 1.82) is 0 Å². The summed E-state index contributed by atoms with van der Waals surface area (Å²) in [5.74, 6) is 2.79. The van der Waals surface area contributed by atoms with Gasteiger partial charge in [-0.1, -0.05) is 41.8 Å². The summed E-state index contributed by atoms with van der Waals surface area (Å²) >= 11 is 7.94. The minimum atomic E-state index is -0.365. The highest BCUT2D eigenvalue weighted by Gasteiger charge is 2.32. The average Bonchev–Trinajstić information content (AvgIpc) is 3.37. The van der Waals surface area contributed by atoms with Crippen molar-refractivity contribution >= 4 is 44.5 Å². The van der Waals surface area contributed by atoms with Gasteiger partial charge in [0, 0.05) is 29.6 Å². The monoisotopic (exact) mass is 609 g/mol. The van der Waals surface area contributed by atoms with Crippen molar-refractivity contribution in [2.75, 3.05) is 20.7 Å². The number of nitrogens with one attached hydrogen (secondary N) is 1. The van der Waals surface area contributed by atoms with Crippen LogP contribution in [0.25, 0.3) is 15.7 Å². The molecule has 1 heterocycles. The van der Waals surface area contributed by atoms with Crippen molar-refractivity contribution in [3.8, 4) is 18.1 Å². The van der Waals surface area contributed by atoms with Crippen LogP contribution in [0.4, 0.5) is 4.39 Å². The fraction of sp³-hybridized carbons (Fsp3) is 0.382. The second kappa shape index (κ2) is 15.9. The Hall–Kier alpha value is -3.15. The molecule has 1 aromatic heterocycles. The third-order valence-corrected chi connectivity index (χ3v) is 9.24. The Morgan fingerprint density at radius 3 is 2.57 bits per heavy atom. The van der Waals surface area contributed by atoms with Crippen molar-refractivity contribution in [1.82, 2.24) is 10.2 Å². The first-order valence-electron chi connectivity index (χ1n) is 14.3. The number of benzene rings is 2. The van der Waals surface area contributed by atoms with E-state index in [2.05, 4.69) is 17.0 Å². The lowest BCUT2D eigenvalue weighted by molar-refractivity contribution is 0.0604. The second-order valence-corrected chi connectivity index (χ2v) is 11.5. The molecule has 5 nitrogen and oxygen atoms in total. The van der Waals surface area contributed by atoms with Gasteiger partial charge in [0.1, 0.15) is 16.4 Å². The van der Waals surface area contributed by atoms with E-state index in [9.17, 15) is 9.18 Å². The molecule has 1 aliphatic carbocycles. The first kappa shape index (κ1) is 33.4. The van der Waals surface area contributed by atoms with Crippen molar-refractivity contribution < 1.29 is 13.9 Å². The van der Waals surface area contributed by atoms with Crippen LogP contribution in [-0.2, 0) is 6.54 Å². The van der Waals surface area contributed by atoms with Crippen molar-refractivity contribution in [3.05, 3.63) is 81.0 Å². The number of nitrogens with zero attached hydrogens (tertiary/aromatic N) is 1. The van der Waals surface area contributed by atoms with E-state index in [4.69, 9.17) is 22.8 Å². The number of carbonyl (C=O) groups is 1. The molecule has 8 heteroatoms. The van der Waals surface area contributed by atoms with Gasteiger partial charge in [-0.15, -0.1) is 17.8 Å². The Balaban J connectivity index is 0.00000237. The van der Waals surface area contributed by atoms with Gasteiger partial charge in [0.05, 0.1) is 16.3 Å². The number of nitrogens with two attached hydrogens (primary N) is 1. The second-order valence-electron chi connectivity index (χ2n) is 10.1. The molecule has 4 rings (SSSR count). The Morgan fingerprint density at radius 2 is 1.98 bits per heavy atom. The molecule has 1 saturated carbocycles. The average molecular weight is 610 g/mol. The number of halogens is 2. The number of carbonyl (C=O) groups excluding carboxylic acids is 1. The summed E-state index contributed by atoms with van der Waals surface area (Å²) in [6, 6.07) is 9.54. The number of hydrogen-bond donors (Lipinski definition) is 2. The van der Waals surface area contributed by atoms with Crippen LogP contribution in [0.1, 0.15) is 65.9 Å². The molecule has 0 radical (unpaired) electrons. The number of ether oxygens (including phenoxy) is 1. The molecule has 42 heavy (non-hydrogen) atoms. The van der Waals surface area contributed by atoms with Gasteiger partial charge >= 0.3 is 0 Å². The van der Waals surface area contributed by atoms with Gasteiger partial charge in [-0.05, 0) is 102 Å². The SMILES string of the molecule is C#C/C=C(\C=C/C)c1ccc(OCC)c(CN(C(=O)c2sc3c(F)ccc(C)c3c2Cl)C2CCC(NC)CC2)c1.CN. The number of rotatable bonds is 9. The van der Waals surface area contributed by atoms with Gasteiger partial charge in [0.15, 0.2) is 0 Å². The molecule has 224 valence electrons. The van der Waals surface area contributed by atoms with E-state index >= 15 is 0 Å².